The highest BCUT2D eigenvalue weighted by atomic mass is 16.1. The Bertz CT molecular complexity index is 1310. The number of hydrogen-bond acceptors (Lipinski definition) is 5. The van der Waals surface area contributed by atoms with Crippen molar-refractivity contribution in [2.45, 2.75) is 33.6 Å². The minimum atomic E-state index is -0.117. The second kappa shape index (κ2) is 8.65. The summed E-state index contributed by atoms with van der Waals surface area (Å²) in [6, 6.07) is 18.0. The Hall–Kier alpha value is -3.74. The van der Waals surface area contributed by atoms with E-state index in [2.05, 4.69) is 27.3 Å². The molecule has 1 atom stereocenters. The van der Waals surface area contributed by atoms with Crippen LogP contribution in [0.3, 0.4) is 0 Å². The van der Waals surface area contributed by atoms with E-state index in [-0.39, 0.29) is 11.8 Å². The summed E-state index contributed by atoms with van der Waals surface area (Å²) >= 11 is 0. The first-order valence-corrected chi connectivity index (χ1v) is 11.4. The molecule has 1 aliphatic heterocycles. The molecule has 1 fully saturated rings. The molecule has 1 N–H and O–H groups in total. The summed E-state index contributed by atoms with van der Waals surface area (Å²) < 4.78 is 1.96. The number of carbonyl (C=O) groups is 1. The summed E-state index contributed by atoms with van der Waals surface area (Å²) in [7, 11) is 0. The molecule has 1 saturated heterocycles. The van der Waals surface area contributed by atoms with Gasteiger partial charge in [0.25, 0.3) is 0 Å². The van der Waals surface area contributed by atoms with E-state index in [1.807, 2.05) is 73.1 Å². The fraction of sp³-hybridized carbons (Fsp3) is 0.308. The Morgan fingerprint density at radius 1 is 1.00 bits per heavy atom. The van der Waals surface area contributed by atoms with Crippen LogP contribution in [0.4, 0.5) is 11.5 Å². The zero-order valence-electron chi connectivity index (χ0n) is 19.2. The number of aromatic nitrogens is 4. The lowest BCUT2D eigenvalue weighted by atomic mass is 9.96. The van der Waals surface area contributed by atoms with E-state index >= 15 is 0 Å². The van der Waals surface area contributed by atoms with Crippen molar-refractivity contribution in [1.29, 1.82) is 0 Å². The Labute approximate surface area is 193 Å². The summed E-state index contributed by atoms with van der Waals surface area (Å²) in [6.45, 7) is 7.47. The van der Waals surface area contributed by atoms with Crippen molar-refractivity contribution in [3.63, 3.8) is 0 Å². The van der Waals surface area contributed by atoms with Crippen LogP contribution in [0, 0.1) is 26.7 Å². The van der Waals surface area contributed by atoms with Gasteiger partial charge in [0.05, 0.1) is 28.4 Å². The average molecular weight is 441 g/mol. The van der Waals surface area contributed by atoms with Crippen LogP contribution < -0.4 is 10.2 Å². The Balaban J connectivity index is 1.46. The van der Waals surface area contributed by atoms with Gasteiger partial charge in [-0.2, -0.15) is 10.2 Å². The predicted molar refractivity (Wildman–Crippen MR) is 131 cm³/mol. The third-order valence-electron chi connectivity index (χ3n) is 6.48. The van der Waals surface area contributed by atoms with Crippen molar-refractivity contribution in [1.82, 2.24) is 20.0 Å². The van der Waals surface area contributed by atoms with E-state index in [0.717, 1.165) is 64.4 Å². The van der Waals surface area contributed by atoms with E-state index in [9.17, 15) is 4.79 Å². The van der Waals surface area contributed by atoms with Crippen LogP contribution in [0.5, 0.6) is 0 Å². The third kappa shape index (κ3) is 3.95. The van der Waals surface area contributed by atoms with Crippen molar-refractivity contribution in [3.05, 3.63) is 71.5 Å². The minimum Gasteiger partial charge on any atom is -0.352 e. The first kappa shape index (κ1) is 21.1. The monoisotopic (exact) mass is 440 g/mol. The number of fused-ring (bicyclic) bond motifs is 1. The van der Waals surface area contributed by atoms with Crippen LogP contribution in [0.1, 0.15) is 29.8 Å². The average Bonchev–Trinajstić information content (AvgIpc) is 3.19. The quantitative estimate of drug-likeness (QED) is 0.502. The van der Waals surface area contributed by atoms with Crippen LogP contribution in [-0.4, -0.2) is 39.0 Å². The van der Waals surface area contributed by atoms with Gasteiger partial charge < -0.3 is 10.2 Å². The number of nitrogens with one attached hydrogen (secondary N) is 1. The molecule has 4 aromatic rings. The van der Waals surface area contributed by atoms with Gasteiger partial charge in [-0.05, 0) is 57.4 Å². The van der Waals surface area contributed by atoms with Crippen LogP contribution in [-0.2, 0) is 4.79 Å². The standard InChI is InChI=1S/C26H28N6O/c1-17-10-7-8-14-22(17)27-26(33)20-11-9-15-31(16-20)25-24-23(18(2)28-29-25)19(3)32(30-24)21-12-5-4-6-13-21/h4-8,10,12-14,20H,9,11,15-16H2,1-3H3,(H,27,33)/t20-/m1/s1. The second-order valence-electron chi connectivity index (χ2n) is 8.75. The molecule has 0 bridgehead atoms. The Morgan fingerprint density at radius 2 is 1.76 bits per heavy atom. The van der Waals surface area contributed by atoms with Gasteiger partial charge in [0.1, 0.15) is 5.52 Å². The van der Waals surface area contributed by atoms with Crippen LogP contribution in [0.25, 0.3) is 16.6 Å². The highest BCUT2D eigenvalue weighted by Gasteiger charge is 2.29. The van der Waals surface area contributed by atoms with Crippen molar-refractivity contribution in [2.24, 2.45) is 5.92 Å². The molecule has 0 radical (unpaired) electrons. The first-order chi connectivity index (χ1) is 16.0. The van der Waals surface area contributed by atoms with Crippen LogP contribution >= 0.6 is 0 Å². The number of nitrogens with zero attached hydrogens (tertiary/aromatic N) is 5. The molecule has 5 rings (SSSR count). The molecule has 7 heteroatoms. The largest absolute Gasteiger partial charge is 0.352 e. The molecule has 0 spiro atoms. The van der Waals surface area contributed by atoms with E-state index in [1.165, 1.54) is 0 Å². The first-order valence-electron chi connectivity index (χ1n) is 11.4. The number of anilines is 2. The van der Waals surface area contributed by atoms with E-state index in [1.54, 1.807) is 0 Å². The number of para-hydroxylation sites is 2. The number of piperidine rings is 1. The summed E-state index contributed by atoms with van der Waals surface area (Å²) in [4.78, 5) is 15.2. The summed E-state index contributed by atoms with van der Waals surface area (Å²) in [5.41, 5.74) is 5.67. The normalized spacial score (nSPS) is 16.2. The molecule has 0 aliphatic carbocycles. The third-order valence-corrected chi connectivity index (χ3v) is 6.48. The number of rotatable bonds is 4. The van der Waals surface area contributed by atoms with Crippen LogP contribution in [0.15, 0.2) is 54.6 Å². The fourth-order valence-electron chi connectivity index (χ4n) is 4.68. The molecule has 1 amide bonds. The maximum absolute atomic E-state index is 13.1. The fourth-order valence-corrected chi connectivity index (χ4v) is 4.68. The topological polar surface area (TPSA) is 75.9 Å². The van der Waals surface area contributed by atoms with Gasteiger partial charge in [0, 0.05) is 18.8 Å². The number of amides is 1. The van der Waals surface area contributed by atoms with Gasteiger partial charge in [-0.15, -0.1) is 5.10 Å². The maximum Gasteiger partial charge on any atom is 0.229 e. The van der Waals surface area contributed by atoms with Gasteiger partial charge in [-0.1, -0.05) is 36.4 Å². The molecule has 2 aromatic carbocycles. The smallest absolute Gasteiger partial charge is 0.229 e. The molecular formula is C26H28N6O. The van der Waals surface area contributed by atoms with Crippen molar-refractivity contribution in [3.8, 4) is 5.69 Å². The molecule has 0 saturated carbocycles. The van der Waals surface area contributed by atoms with E-state index in [4.69, 9.17) is 5.10 Å². The highest BCUT2D eigenvalue weighted by Crippen LogP contribution is 2.32. The number of benzene rings is 2. The highest BCUT2D eigenvalue weighted by molar-refractivity contribution is 5.95. The van der Waals surface area contributed by atoms with Gasteiger partial charge in [-0.25, -0.2) is 4.68 Å². The molecule has 168 valence electrons. The maximum atomic E-state index is 13.1. The Kier molecular flexibility index (Phi) is 5.54. The lowest BCUT2D eigenvalue weighted by molar-refractivity contribution is -0.120. The molecule has 2 aromatic heterocycles. The van der Waals surface area contributed by atoms with Gasteiger partial charge in [0.15, 0.2) is 5.82 Å². The molecule has 33 heavy (non-hydrogen) atoms. The van der Waals surface area contributed by atoms with Crippen LogP contribution in [0.2, 0.25) is 0 Å². The zero-order valence-corrected chi connectivity index (χ0v) is 19.2. The van der Waals surface area contributed by atoms with Crippen molar-refractivity contribution < 1.29 is 4.79 Å². The molecular weight excluding hydrogens is 412 g/mol. The molecule has 7 nitrogen and oxygen atoms in total. The zero-order chi connectivity index (χ0) is 22.9. The number of aryl methyl sites for hydroxylation is 3. The van der Waals surface area contributed by atoms with Crippen molar-refractivity contribution in [2.75, 3.05) is 23.3 Å². The lowest BCUT2D eigenvalue weighted by Crippen LogP contribution is -2.41. The van der Waals surface area contributed by atoms with Crippen molar-refractivity contribution >= 4 is 28.3 Å². The van der Waals surface area contributed by atoms with E-state index in [0.29, 0.717) is 6.54 Å². The lowest BCUT2D eigenvalue weighted by Gasteiger charge is -2.32. The van der Waals surface area contributed by atoms with Gasteiger partial charge in [-0.3, -0.25) is 4.79 Å². The number of hydrogen-bond donors (Lipinski definition) is 1. The summed E-state index contributed by atoms with van der Waals surface area (Å²) in [5, 5.41) is 18.1. The van der Waals surface area contributed by atoms with E-state index < -0.39 is 0 Å². The van der Waals surface area contributed by atoms with Gasteiger partial charge in [0.2, 0.25) is 5.91 Å². The number of carbonyl (C=O) groups excluding carboxylic acids is 1. The minimum absolute atomic E-state index is 0.0521. The predicted octanol–water partition coefficient (Wildman–Crippen LogP) is 4.60. The summed E-state index contributed by atoms with van der Waals surface area (Å²) in [6.07, 6.45) is 1.77. The molecule has 1 aliphatic rings. The summed E-state index contributed by atoms with van der Waals surface area (Å²) in [5.74, 6) is 0.687. The molecule has 3 heterocycles. The second-order valence-corrected chi connectivity index (χ2v) is 8.75. The molecule has 0 unspecified atom stereocenters. The van der Waals surface area contributed by atoms with Gasteiger partial charge >= 0.3 is 0 Å². The SMILES string of the molecule is Cc1ccccc1NC(=O)[C@@H]1CCCN(c2nnc(C)c3c(C)n(-c4ccccc4)nc23)C1. The Morgan fingerprint density at radius 3 is 2.55 bits per heavy atom.